The molecule has 6 nitrogen and oxygen atoms in total. The molecule has 1 aliphatic rings. The molecule has 0 radical (unpaired) electrons. The van der Waals surface area contributed by atoms with Crippen LogP contribution in [0, 0.1) is 0 Å². The van der Waals surface area contributed by atoms with Crippen molar-refractivity contribution < 1.29 is 4.74 Å². The molecule has 84 valence electrons. The van der Waals surface area contributed by atoms with E-state index in [9.17, 15) is 4.79 Å². The Balaban J connectivity index is 1.97. The monoisotopic (exact) mass is 220 g/mol. The normalized spacial score (nSPS) is 20.6. The zero-order valence-electron chi connectivity index (χ0n) is 8.72. The Hall–Kier alpha value is -1.69. The smallest absolute Gasteiger partial charge is 0.261 e. The highest BCUT2D eigenvalue weighted by Gasteiger charge is 2.18. The number of hydrogen-bond donors (Lipinski definition) is 1. The fourth-order valence-electron chi connectivity index (χ4n) is 2.02. The van der Waals surface area contributed by atoms with Crippen LogP contribution < -0.4 is 5.56 Å². The van der Waals surface area contributed by atoms with Crippen LogP contribution in [0.2, 0.25) is 0 Å². The molecule has 1 saturated heterocycles. The molecule has 16 heavy (non-hydrogen) atoms. The third kappa shape index (κ3) is 1.51. The van der Waals surface area contributed by atoms with Crippen molar-refractivity contribution in [2.45, 2.75) is 25.5 Å². The predicted molar refractivity (Wildman–Crippen MR) is 57.1 cm³/mol. The van der Waals surface area contributed by atoms with Crippen molar-refractivity contribution in [3.63, 3.8) is 0 Å². The third-order valence-corrected chi connectivity index (χ3v) is 2.84. The molecule has 0 aliphatic carbocycles. The van der Waals surface area contributed by atoms with Crippen LogP contribution in [0.5, 0.6) is 0 Å². The van der Waals surface area contributed by atoms with Crippen molar-refractivity contribution in [2.24, 2.45) is 0 Å². The maximum Gasteiger partial charge on any atom is 0.261 e. The molecule has 0 amide bonds. The van der Waals surface area contributed by atoms with E-state index >= 15 is 0 Å². The van der Waals surface area contributed by atoms with Crippen molar-refractivity contribution in [1.29, 1.82) is 0 Å². The van der Waals surface area contributed by atoms with Gasteiger partial charge in [-0.3, -0.25) is 4.79 Å². The maximum atomic E-state index is 11.4. The van der Waals surface area contributed by atoms with Crippen LogP contribution >= 0.6 is 0 Å². The van der Waals surface area contributed by atoms with Gasteiger partial charge in [0, 0.05) is 6.61 Å². The number of H-pyrrole nitrogens is 1. The second kappa shape index (κ2) is 3.71. The van der Waals surface area contributed by atoms with E-state index in [1.54, 1.807) is 10.9 Å². The topological polar surface area (TPSA) is 72.8 Å². The molecule has 1 fully saturated rings. The Labute approximate surface area is 91.3 Å². The third-order valence-electron chi connectivity index (χ3n) is 2.84. The maximum absolute atomic E-state index is 11.4. The molecule has 2 aromatic heterocycles. The quantitative estimate of drug-likeness (QED) is 0.790. The van der Waals surface area contributed by atoms with Gasteiger partial charge in [0.1, 0.15) is 5.39 Å². The first-order valence-electron chi connectivity index (χ1n) is 5.35. The van der Waals surface area contributed by atoms with E-state index in [1.807, 2.05) is 0 Å². The molecule has 1 atom stereocenters. The number of aromatic amines is 1. The largest absolute Gasteiger partial charge is 0.376 e. The summed E-state index contributed by atoms with van der Waals surface area (Å²) in [6, 6.07) is 0. The average molecular weight is 220 g/mol. The molecule has 0 aromatic carbocycles. The number of aromatic nitrogens is 4. The van der Waals surface area contributed by atoms with Gasteiger partial charge in [-0.25, -0.2) is 9.67 Å². The molecule has 1 aliphatic heterocycles. The first-order chi connectivity index (χ1) is 7.84. The van der Waals surface area contributed by atoms with Crippen LogP contribution in [-0.4, -0.2) is 32.5 Å². The zero-order chi connectivity index (χ0) is 11.0. The van der Waals surface area contributed by atoms with Crippen LogP contribution in [-0.2, 0) is 11.3 Å². The summed E-state index contributed by atoms with van der Waals surface area (Å²) in [5, 5.41) is 4.70. The molecule has 3 heterocycles. The number of fused-ring (bicyclic) bond motifs is 1. The van der Waals surface area contributed by atoms with E-state index in [0.29, 0.717) is 17.6 Å². The number of ether oxygens (including phenoxy) is 1. The van der Waals surface area contributed by atoms with Gasteiger partial charge in [0.2, 0.25) is 0 Å². The lowest BCUT2D eigenvalue weighted by molar-refractivity contribution is 0.0949. The van der Waals surface area contributed by atoms with Crippen LogP contribution in [0.15, 0.2) is 17.3 Å². The van der Waals surface area contributed by atoms with E-state index in [0.717, 1.165) is 19.4 Å². The highest BCUT2D eigenvalue weighted by molar-refractivity contribution is 5.72. The minimum Gasteiger partial charge on any atom is -0.376 e. The lowest BCUT2D eigenvalue weighted by Gasteiger charge is -2.09. The molecule has 3 rings (SSSR count). The summed E-state index contributed by atoms with van der Waals surface area (Å²) >= 11 is 0. The summed E-state index contributed by atoms with van der Waals surface area (Å²) in [6.07, 6.45) is 5.29. The number of hydrogen-bond acceptors (Lipinski definition) is 4. The Kier molecular flexibility index (Phi) is 2.21. The molecular formula is C10H12N4O2. The van der Waals surface area contributed by atoms with Crippen molar-refractivity contribution in [3.8, 4) is 0 Å². The predicted octanol–water partition coefficient (Wildman–Crippen LogP) is 0.299. The van der Waals surface area contributed by atoms with Crippen molar-refractivity contribution >= 4 is 11.0 Å². The molecule has 1 unspecified atom stereocenters. The molecule has 0 saturated carbocycles. The highest BCUT2D eigenvalue weighted by atomic mass is 16.5. The molecule has 6 heteroatoms. The van der Waals surface area contributed by atoms with Gasteiger partial charge in [-0.2, -0.15) is 5.10 Å². The Morgan fingerprint density at radius 1 is 1.62 bits per heavy atom. The summed E-state index contributed by atoms with van der Waals surface area (Å²) < 4.78 is 7.27. The van der Waals surface area contributed by atoms with Gasteiger partial charge in [0.15, 0.2) is 5.65 Å². The summed E-state index contributed by atoms with van der Waals surface area (Å²) in [5.41, 5.74) is 0.475. The van der Waals surface area contributed by atoms with Gasteiger partial charge in [0.25, 0.3) is 5.56 Å². The Morgan fingerprint density at radius 3 is 3.38 bits per heavy atom. The van der Waals surface area contributed by atoms with E-state index in [4.69, 9.17) is 4.74 Å². The summed E-state index contributed by atoms with van der Waals surface area (Å²) in [4.78, 5) is 18.1. The van der Waals surface area contributed by atoms with E-state index < -0.39 is 0 Å². The van der Waals surface area contributed by atoms with E-state index in [-0.39, 0.29) is 11.7 Å². The minimum atomic E-state index is -0.149. The fourth-order valence-corrected chi connectivity index (χ4v) is 2.02. The summed E-state index contributed by atoms with van der Waals surface area (Å²) in [6.45, 7) is 1.48. The fraction of sp³-hybridized carbons (Fsp3) is 0.500. The average Bonchev–Trinajstić information content (AvgIpc) is 2.90. The Bertz CT molecular complexity index is 553. The van der Waals surface area contributed by atoms with Gasteiger partial charge in [-0.1, -0.05) is 0 Å². The van der Waals surface area contributed by atoms with E-state index in [2.05, 4.69) is 15.1 Å². The van der Waals surface area contributed by atoms with Crippen LogP contribution in [0.25, 0.3) is 11.0 Å². The van der Waals surface area contributed by atoms with Gasteiger partial charge in [-0.05, 0) is 12.8 Å². The molecule has 0 bridgehead atoms. The molecule has 2 aromatic rings. The lowest BCUT2D eigenvalue weighted by Crippen LogP contribution is -2.16. The highest BCUT2D eigenvalue weighted by Crippen LogP contribution is 2.15. The SMILES string of the molecule is O=c1[nH]cnc2c1cnn2CC1CCCO1. The van der Waals surface area contributed by atoms with Gasteiger partial charge >= 0.3 is 0 Å². The van der Waals surface area contributed by atoms with E-state index in [1.165, 1.54) is 6.33 Å². The summed E-state index contributed by atoms with van der Waals surface area (Å²) in [5.74, 6) is 0. The first-order valence-corrected chi connectivity index (χ1v) is 5.35. The number of nitrogens with zero attached hydrogens (tertiary/aromatic N) is 3. The van der Waals surface area contributed by atoms with Crippen LogP contribution in [0.1, 0.15) is 12.8 Å². The van der Waals surface area contributed by atoms with Gasteiger partial charge < -0.3 is 9.72 Å². The first kappa shape index (κ1) is 9.53. The van der Waals surface area contributed by atoms with Crippen LogP contribution in [0.3, 0.4) is 0 Å². The number of rotatable bonds is 2. The zero-order valence-corrected chi connectivity index (χ0v) is 8.72. The van der Waals surface area contributed by atoms with Gasteiger partial charge in [-0.15, -0.1) is 0 Å². The molecular weight excluding hydrogens is 208 g/mol. The molecule has 0 spiro atoms. The van der Waals surface area contributed by atoms with Crippen molar-refractivity contribution in [3.05, 3.63) is 22.9 Å². The lowest BCUT2D eigenvalue weighted by atomic mass is 10.2. The van der Waals surface area contributed by atoms with Gasteiger partial charge in [0.05, 0.1) is 25.2 Å². The van der Waals surface area contributed by atoms with Crippen molar-refractivity contribution in [2.75, 3.05) is 6.61 Å². The Morgan fingerprint density at radius 2 is 2.56 bits per heavy atom. The second-order valence-electron chi connectivity index (χ2n) is 3.93. The second-order valence-corrected chi connectivity index (χ2v) is 3.93. The molecule has 1 N–H and O–H groups in total. The van der Waals surface area contributed by atoms with Crippen LogP contribution in [0.4, 0.5) is 0 Å². The van der Waals surface area contributed by atoms with Crippen molar-refractivity contribution in [1.82, 2.24) is 19.7 Å². The minimum absolute atomic E-state index is 0.149. The standard InChI is InChI=1S/C10H12N4O2/c15-10-8-4-13-14(9(8)11-6-12-10)5-7-2-1-3-16-7/h4,6-7H,1-3,5H2,(H,11,12,15). The number of nitrogens with one attached hydrogen (secondary N) is 1. The summed E-state index contributed by atoms with van der Waals surface area (Å²) in [7, 11) is 0.